The van der Waals surface area contributed by atoms with Gasteiger partial charge in [-0.3, -0.25) is 10.1 Å². The molecule has 2 aromatic rings. The third-order valence-corrected chi connectivity index (χ3v) is 4.30. The van der Waals surface area contributed by atoms with Gasteiger partial charge < -0.3 is 14.1 Å². The summed E-state index contributed by atoms with van der Waals surface area (Å²) in [6.07, 6.45) is 4.98. The molecule has 1 aromatic carbocycles. The van der Waals surface area contributed by atoms with Gasteiger partial charge in [0.15, 0.2) is 11.5 Å². The van der Waals surface area contributed by atoms with E-state index < -0.39 is 10.9 Å². The smallest absolute Gasteiger partial charge is 0.363 e. The number of rotatable bonds is 4. The number of nitrogens with zero attached hydrogens (tertiary/aromatic N) is 3. The van der Waals surface area contributed by atoms with Crippen LogP contribution in [0.2, 0.25) is 0 Å². The summed E-state index contributed by atoms with van der Waals surface area (Å²) in [4.78, 5) is 29.2. The topological polar surface area (TPSA) is 98.2 Å². The number of carbonyl (C=O) groups is 1. The van der Waals surface area contributed by atoms with Crippen molar-refractivity contribution in [1.29, 1.82) is 0 Å². The first-order valence-corrected chi connectivity index (χ1v) is 8.21. The van der Waals surface area contributed by atoms with Crippen LogP contribution in [-0.4, -0.2) is 29.9 Å². The fourth-order valence-corrected chi connectivity index (χ4v) is 3.07. The maximum absolute atomic E-state index is 12.0. The molecule has 0 aliphatic carbocycles. The molecule has 2 aliphatic rings. The lowest BCUT2D eigenvalue weighted by Crippen LogP contribution is -2.18. The van der Waals surface area contributed by atoms with Gasteiger partial charge in [-0.05, 0) is 42.7 Å². The van der Waals surface area contributed by atoms with Crippen LogP contribution in [0.3, 0.4) is 0 Å². The number of esters is 1. The second kappa shape index (κ2) is 6.47. The van der Waals surface area contributed by atoms with Crippen molar-refractivity contribution < 1.29 is 18.9 Å². The molecule has 2 aliphatic heterocycles. The van der Waals surface area contributed by atoms with Crippen molar-refractivity contribution in [2.45, 2.75) is 12.8 Å². The van der Waals surface area contributed by atoms with Crippen LogP contribution < -0.4 is 4.90 Å². The van der Waals surface area contributed by atoms with Crippen LogP contribution in [0.4, 0.5) is 11.4 Å². The van der Waals surface area contributed by atoms with Crippen LogP contribution in [0.5, 0.6) is 0 Å². The highest BCUT2D eigenvalue weighted by molar-refractivity contribution is 6.11. The Morgan fingerprint density at radius 2 is 2.04 bits per heavy atom. The predicted octanol–water partition coefficient (Wildman–Crippen LogP) is 3.13. The monoisotopic (exact) mass is 353 g/mol. The molecule has 8 nitrogen and oxygen atoms in total. The zero-order valence-electron chi connectivity index (χ0n) is 13.8. The lowest BCUT2D eigenvalue weighted by Gasteiger charge is -2.17. The van der Waals surface area contributed by atoms with Crippen LogP contribution in [0.15, 0.2) is 51.7 Å². The molecule has 0 bridgehead atoms. The second-order valence-corrected chi connectivity index (χ2v) is 6.01. The molecule has 1 aromatic heterocycles. The Morgan fingerprint density at radius 1 is 1.23 bits per heavy atom. The zero-order chi connectivity index (χ0) is 18.1. The third-order valence-electron chi connectivity index (χ3n) is 4.30. The van der Waals surface area contributed by atoms with Crippen molar-refractivity contribution in [2.24, 2.45) is 4.99 Å². The molecule has 8 heteroatoms. The van der Waals surface area contributed by atoms with Crippen LogP contribution in [0, 0.1) is 10.1 Å². The standard InChI is InChI=1S/C18H15N3O5/c22-18-13(19-17(26-18)16-4-3-9-25-16)10-12-5-6-14(15(11-12)21(23)24)20-7-1-2-8-20/h3-6,9-11H,1-2,7-8H2/b13-10+. The molecular formula is C18H15N3O5. The van der Waals surface area contributed by atoms with Crippen molar-refractivity contribution in [3.8, 4) is 0 Å². The number of hydrogen-bond donors (Lipinski definition) is 0. The first-order valence-electron chi connectivity index (χ1n) is 8.21. The van der Waals surface area contributed by atoms with Gasteiger partial charge in [0, 0.05) is 19.2 Å². The molecule has 0 N–H and O–H groups in total. The highest BCUT2D eigenvalue weighted by Crippen LogP contribution is 2.32. The minimum atomic E-state index is -0.623. The summed E-state index contributed by atoms with van der Waals surface area (Å²) in [5.74, 6) is -0.200. The summed E-state index contributed by atoms with van der Waals surface area (Å²) in [6, 6.07) is 8.20. The van der Waals surface area contributed by atoms with Gasteiger partial charge in [0.05, 0.1) is 11.2 Å². The Bertz CT molecular complexity index is 924. The minimum Gasteiger partial charge on any atom is -0.459 e. The van der Waals surface area contributed by atoms with E-state index in [0.29, 0.717) is 17.0 Å². The molecule has 1 saturated heterocycles. The fourth-order valence-electron chi connectivity index (χ4n) is 3.07. The number of nitro benzene ring substituents is 1. The molecule has 0 spiro atoms. The van der Waals surface area contributed by atoms with Gasteiger partial charge in [-0.25, -0.2) is 9.79 Å². The highest BCUT2D eigenvalue weighted by atomic mass is 16.6. The molecule has 132 valence electrons. The quantitative estimate of drug-likeness (QED) is 0.362. The number of ether oxygens (including phenoxy) is 1. The van der Waals surface area contributed by atoms with Crippen LogP contribution >= 0.6 is 0 Å². The molecule has 0 saturated carbocycles. The van der Waals surface area contributed by atoms with Gasteiger partial charge in [-0.1, -0.05) is 6.07 Å². The number of cyclic esters (lactones) is 1. The lowest BCUT2D eigenvalue weighted by atomic mass is 10.1. The van der Waals surface area contributed by atoms with E-state index in [1.807, 2.05) is 4.90 Å². The average molecular weight is 353 g/mol. The van der Waals surface area contributed by atoms with Crippen LogP contribution in [0.25, 0.3) is 6.08 Å². The molecule has 3 heterocycles. The van der Waals surface area contributed by atoms with E-state index in [-0.39, 0.29) is 17.3 Å². The number of aliphatic imine (C=N–C) groups is 1. The summed E-state index contributed by atoms with van der Waals surface area (Å²) in [5, 5.41) is 11.5. The molecule has 4 rings (SSSR count). The summed E-state index contributed by atoms with van der Waals surface area (Å²) < 4.78 is 10.2. The van der Waals surface area contributed by atoms with Crippen molar-refractivity contribution in [1.82, 2.24) is 0 Å². The van der Waals surface area contributed by atoms with Crippen molar-refractivity contribution >= 4 is 29.3 Å². The summed E-state index contributed by atoms with van der Waals surface area (Å²) in [7, 11) is 0. The number of furan rings is 1. The highest BCUT2D eigenvalue weighted by Gasteiger charge is 2.27. The largest absolute Gasteiger partial charge is 0.459 e. The molecule has 0 unspecified atom stereocenters. The second-order valence-electron chi connectivity index (χ2n) is 6.01. The van der Waals surface area contributed by atoms with Gasteiger partial charge >= 0.3 is 5.97 Å². The average Bonchev–Trinajstić information content (AvgIpc) is 3.37. The first kappa shape index (κ1) is 16.1. The maximum atomic E-state index is 12.0. The van der Waals surface area contributed by atoms with Crippen molar-refractivity contribution in [3.63, 3.8) is 0 Å². The first-order chi connectivity index (χ1) is 12.6. The van der Waals surface area contributed by atoms with E-state index in [1.165, 1.54) is 18.4 Å². The molecule has 0 atom stereocenters. The number of anilines is 1. The van der Waals surface area contributed by atoms with E-state index in [0.717, 1.165) is 25.9 Å². The van der Waals surface area contributed by atoms with Crippen LogP contribution in [-0.2, 0) is 9.53 Å². The number of hydrogen-bond acceptors (Lipinski definition) is 7. The summed E-state index contributed by atoms with van der Waals surface area (Å²) in [5.41, 5.74) is 1.20. The van der Waals surface area contributed by atoms with Gasteiger partial charge in [-0.15, -0.1) is 0 Å². The normalized spacial score (nSPS) is 18.3. The zero-order valence-corrected chi connectivity index (χ0v) is 13.8. The molecule has 0 radical (unpaired) electrons. The SMILES string of the molecule is O=C1OC(c2ccco2)=N/C1=C/c1ccc(N2CCCC2)c([N+](=O)[O-])c1. The van der Waals surface area contributed by atoms with Gasteiger partial charge in [0.2, 0.25) is 0 Å². The third kappa shape index (κ3) is 2.97. The molecule has 26 heavy (non-hydrogen) atoms. The Kier molecular flexibility index (Phi) is 4.00. The van der Waals surface area contributed by atoms with Gasteiger partial charge in [-0.2, -0.15) is 0 Å². The fraction of sp³-hybridized carbons (Fsp3) is 0.222. The van der Waals surface area contributed by atoms with E-state index in [4.69, 9.17) is 9.15 Å². The van der Waals surface area contributed by atoms with E-state index in [1.54, 1.807) is 24.3 Å². The summed E-state index contributed by atoms with van der Waals surface area (Å²) in [6.45, 7) is 1.62. The van der Waals surface area contributed by atoms with Crippen molar-refractivity contribution in [2.75, 3.05) is 18.0 Å². The molecule has 1 fully saturated rings. The van der Waals surface area contributed by atoms with E-state index >= 15 is 0 Å². The summed E-state index contributed by atoms with van der Waals surface area (Å²) >= 11 is 0. The Hall–Kier alpha value is -3.42. The predicted molar refractivity (Wildman–Crippen MR) is 93.9 cm³/mol. The van der Waals surface area contributed by atoms with E-state index in [9.17, 15) is 14.9 Å². The van der Waals surface area contributed by atoms with Crippen molar-refractivity contribution in [3.05, 3.63) is 63.7 Å². The number of benzene rings is 1. The Balaban J connectivity index is 1.67. The maximum Gasteiger partial charge on any atom is 0.363 e. The van der Waals surface area contributed by atoms with E-state index in [2.05, 4.69) is 4.99 Å². The number of nitro groups is 1. The van der Waals surface area contributed by atoms with Crippen LogP contribution in [0.1, 0.15) is 24.2 Å². The lowest BCUT2D eigenvalue weighted by molar-refractivity contribution is -0.384. The van der Waals surface area contributed by atoms with Gasteiger partial charge in [0.1, 0.15) is 5.69 Å². The molecular weight excluding hydrogens is 338 g/mol. The Labute approximate surface area is 148 Å². The Morgan fingerprint density at radius 3 is 2.73 bits per heavy atom. The number of carbonyl (C=O) groups excluding carboxylic acids is 1. The van der Waals surface area contributed by atoms with Gasteiger partial charge in [0.25, 0.3) is 11.6 Å². The minimum absolute atomic E-state index is 0.0165. The molecule has 0 amide bonds.